The smallest absolute Gasteiger partial charge is 0.265 e. The van der Waals surface area contributed by atoms with Crippen LogP contribution in [0.2, 0.25) is 0 Å². The molecule has 0 aliphatic heterocycles. The Bertz CT molecular complexity index is 1390. The third-order valence-electron chi connectivity index (χ3n) is 5.35. The van der Waals surface area contributed by atoms with E-state index in [1.165, 1.54) is 31.4 Å². The Balaban J connectivity index is 1.56. The molecule has 0 saturated carbocycles. The molecule has 3 aromatic carbocycles. The van der Waals surface area contributed by atoms with Gasteiger partial charge in [-0.15, -0.1) is 0 Å². The van der Waals surface area contributed by atoms with E-state index < -0.39 is 10.0 Å². The van der Waals surface area contributed by atoms with E-state index in [9.17, 15) is 8.42 Å². The topological polar surface area (TPSA) is 90.7 Å². The van der Waals surface area contributed by atoms with Crippen molar-refractivity contribution in [2.24, 2.45) is 0 Å². The van der Waals surface area contributed by atoms with E-state index in [1.54, 1.807) is 42.7 Å². The first-order valence-corrected chi connectivity index (χ1v) is 11.7. The number of nitrogens with one attached hydrogen (secondary N) is 1. The molecule has 0 fully saturated rings. The van der Waals surface area contributed by atoms with Gasteiger partial charge >= 0.3 is 0 Å². The van der Waals surface area contributed by atoms with Crippen molar-refractivity contribution in [3.05, 3.63) is 78.1 Å². The highest BCUT2D eigenvalue weighted by molar-refractivity contribution is 7.92. The maximum Gasteiger partial charge on any atom is 0.265 e. The summed E-state index contributed by atoms with van der Waals surface area (Å²) in [5.41, 5.74) is 5.23. The van der Waals surface area contributed by atoms with Crippen molar-refractivity contribution in [3.8, 4) is 34.2 Å². The highest BCUT2D eigenvalue weighted by atomic mass is 32.2. The lowest BCUT2D eigenvalue weighted by atomic mass is 10.1. The van der Waals surface area contributed by atoms with Crippen LogP contribution in [0, 0.1) is 13.8 Å². The Morgan fingerprint density at radius 2 is 1.58 bits per heavy atom. The summed E-state index contributed by atoms with van der Waals surface area (Å²) < 4.78 is 44.5. The predicted molar refractivity (Wildman–Crippen MR) is 127 cm³/mol. The molecule has 1 aromatic heterocycles. The van der Waals surface area contributed by atoms with Crippen LogP contribution in [-0.2, 0) is 10.0 Å². The van der Waals surface area contributed by atoms with Gasteiger partial charge in [0.05, 0.1) is 14.2 Å². The summed E-state index contributed by atoms with van der Waals surface area (Å²) >= 11 is 0. The zero-order chi connectivity index (χ0) is 23.6. The molecule has 33 heavy (non-hydrogen) atoms. The van der Waals surface area contributed by atoms with Crippen molar-refractivity contribution in [1.29, 1.82) is 0 Å². The first kappa shape index (κ1) is 22.4. The lowest BCUT2D eigenvalue weighted by Gasteiger charge is -2.13. The van der Waals surface area contributed by atoms with Gasteiger partial charge in [0.2, 0.25) is 5.89 Å². The van der Waals surface area contributed by atoms with E-state index in [4.69, 9.17) is 13.9 Å². The Morgan fingerprint density at radius 1 is 0.848 bits per heavy atom. The van der Waals surface area contributed by atoms with Crippen molar-refractivity contribution in [2.75, 3.05) is 18.9 Å². The van der Waals surface area contributed by atoms with Crippen LogP contribution < -0.4 is 14.2 Å². The Kier molecular flexibility index (Phi) is 6.11. The fraction of sp³-hybridized carbons (Fsp3) is 0.160. The molecule has 0 amide bonds. The Morgan fingerprint density at radius 3 is 2.24 bits per heavy atom. The number of hydrogen-bond acceptors (Lipinski definition) is 6. The molecule has 4 aromatic rings. The third-order valence-corrected chi connectivity index (χ3v) is 6.75. The largest absolute Gasteiger partial charge is 0.497 e. The molecule has 4 rings (SSSR count). The highest BCUT2D eigenvalue weighted by Crippen LogP contribution is 2.31. The number of oxazole rings is 1. The van der Waals surface area contributed by atoms with Gasteiger partial charge in [0.1, 0.15) is 28.4 Å². The Hall–Kier alpha value is -3.78. The molecular weight excluding hydrogens is 440 g/mol. The quantitative estimate of drug-likeness (QED) is 0.391. The van der Waals surface area contributed by atoms with E-state index in [1.807, 2.05) is 6.07 Å². The van der Waals surface area contributed by atoms with Crippen LogP contribution in [0.1, 0.15) is 11.1 Å². The van der Waals surface area contributed by atoms with Gasteiger partial charge in [-0.25, -0.2) is 13.4 Å². The molecule has 0 saturated heterocycles. The van der Waals surface area contributed by atoms with Crippen molar-refractivity contribution < 1.29 is 22.3 Å². The predicted octanol–water partition coefficient (Wildman–Crippen LogP) is 5.44. The van der Waals surface area contributed by atoms with Gasteiger partial charge in [-0.3, -0.25) is 4.72 Å². The summed E-state index contributed by atoms with van der Waals surface area (Å²) in [6.07, 6.45) is 1.62. The summed E-state index contributed by atoms with van der Waals surface area (Å²) in [6.45, 7) is 4.12. The van der Waals surface area contributed by atoms with E-state index in [2.05, 4.69) is 35.7 Å². The second-order valence-corrected chi connectivity index (χ2v) is 9.19. The van der Waals surface area contributed by atoms with Crippen molar-refractivity contribution in [3.63, 3.8) is 0 Å². The van der Waals surface area contributed by atoms with Crippen LogP contribution in [0.25, 0.3) is 22.7 Å². The van der Waals surface area contributed by atoms with Gasteiger partial charge in [0.25, 0.3) is 10.0 Å². The Labute approximate surface area is 193 Å². The number of methoxy groups -OCH3 is 2. The van der Waals surface area contributed by atoms with Gasteiger partial charge in [-0.1, -0.05) is 12.1 Å². The fourth-order valence-corrected chi connectivity index (χ4v) is 4.57. The van der Waals surface area contributed by atoms with Gasteiger partial charge in [-0.05, 0) is 67.4 Å². The molecule has 0 unspecified atom stereocenters. The number of hydrogen-bond donors (Lipinski definition) is 1. The molecule has 1 N–H and O–H groups in total. The molecular formula is C25H24N2O5S. The minimum absolute atomic E-state index is 0.0147. The molecule has 1 heterocycles. The van der Waals surface area contributed by atoms with E-state index in [-0.39, 0.29) is 10.6 Å². The molecule has 0 aliphatic carbocycles. The molecule has 0 spiro atoms. The SMILES string of the molecule is COc1ccc(OC)c(S(=O)(=O)Nc2ccc(-c3nc(-c4ccc(C)c(C)c4)co3)cc2)c1. The van der Waals surface area contributed by atoms with E-state index >= 15 is 0 Å². The molecule has 7 nitrogen and oxygen atoms in total. The number of aromatic nitrogens is 1. The minimum atomic E-state index is -3.90. The first-order chi connectivity index (χ1) is 15.8. The maximum atomic E-state index is 12.9. The molecule has 0 bridgehead atoms. The zero-order valence-corrected chi connectivity index (χ0v) is 19.6. The summed E-state index contributed by atoms with van der Waals surface area (Å²) in [5, 5.41) is 0. The van der Waals surface area contributed by atoms with Crippen LogP contribution in [-0.4, -0.2) is 27.6 Å². The molecule has 0 atom stereocenters. The van der Waals surface area contributed by atoms with Crippen LogP contribution >= 0.6 is 0 Å². The molecule has 170 valence electrons. The van der Waals surface area contributed by atoms with Crippen LogP contribution in [0.3, 0.4) is 0 Å². The van der Waals surface area contributed by atoms with Crippen molar-refractivity contribution in [2.45, 2.75) is 18.7 Å². The molecule has 0 aliphatic rings. The van der Waals surface area contributed by atoms with Gasteiger partial charge in [-0.2, -0.15) is 0 Å². The van der Waals surface area contributed by atoms with Gasteiger partial charge < -0.3 is 13.9 Å². The lowest BCUT2D eigenvalue weighted by molar-refractivity contribution is 0.392. The molecule has 0 radical (unpaired) electrons. The van der Waals surface area contributed by atoms with Crippen molar-refractivity contribution in [1.82, 2.24) is 4.98 Å². The monoisotopic (exact) mass is 464 g/mol. The van der Waals surface area contributed by atoms with E-state index in [0.29, 0.717) is 17.3 Å². The van der Waals surface area contributed by atoms with Crippen LogP contribution in [0.4, 0.5) is 5.69 Å². The molecule has 8 heteroatoms. The number of rotatable bonds is 7. The van der Waals surface area contributed by atoms with Crippen molar-refractivity contribution >= 4 is 15.7 Å². The average Bonchev–Trinajstić information content (AvgIpc) is 3.31. The number of aryl methyl sites for hydroxylation is 2. The van der Waals surface area contributed by atoms with Crippen LogP contribution in [0.15, 0.2) is 76.2 Å². The number of nitrogens with zero attached hydrogens (tertiary/aromatic N) is 1. The lowest BCUT2D eigenvalue weighted by Crippen LogP contribution is -2.14. The van der Waals surface area contributed by atoms with Crippen LogP contribution in [0.5, 0.6) is 11.5 Å². The maximum absolute atomic E-state index is 12.9. The highest BCUT2D eigenvalue weighted by Gasteiger charge is 2.21. The normalized spacial score (nSPS) is 11.3. The number of sulfonamides is 1. The average molecular weight is 465 g/mol. The summed E-state index contributed by atoms with van der Waals surface area (Å²) in [7, 11) is -1.01. The third kappa shape index (κ3) is 4.70. The van der Waals surface area contributed by atoms with Gasteiger partial charge in [0, 0.05) is 22.9 Å². The summed E-state index contributed by atoms with van der Waals surface area (Å²) in [5.74, 6) is 1.08. The number of anilines is 1. The first-order valence-electron chi connectivity index (χ1n) is 10.2. The minimum Gasteiger partial charge on any atom is -0.497 e. The number of benzene rings is 3. The second kappa shape index (κ2) is 8.99. The summed E-state index contributed by atoms with van der Waals surface area (Å²) in [4.78, 5) is 4.56. The second-order valence-electron chi connectivity index (χ2n) is 7.54. The zero-order valence-electron chi connectivity index (χ0n) is 18.7. The summed E-state index contributed by atoms with van der Waals surface area (Å²) in [6, 6.07) is 17.5. The van der Waals surface area contributed by atoms with Gasteiger partial charge in [0.15, 0.2) is 0 Å². The number of ether oxygens (including phenoxy) is 2. The standard InChI is InChI=1S/C25H24N2O5S/c1-16-5-6-19(13-17(16)2)22-15-32-25(26-22)18-7-9-20(10-8-18)27-33(28,29)24-14-21(30-3)11-12-23(24)31-4/h5-15,27H,1-4H3. The van der Waals surface area contributed by atoms with E-state index in [0.717, 1.165) is 16.8 Å². The fourth-order valence-electron chi connectivity index (χ4n) is 3.32.